The molecule has 0 bridgehead atoms. The van der Waals surface area contributed by atoms with E-state index < -0.39 is 11.4 Å². The Hall–Kier alpha value is -3.59. The second-order valence-corrected chi connectivity index (χ2v) is 12.5. The lowest BCUT2D eigenvalue weighted by Gasteiger charge is -2.38. The van der Waals surface area contributed by atoms with Crippen LogP contribution in [0.5, 0.6) is 0 Å². The second kappa shape index (κ2) is 10.9. The summed E-state index contributed by atoms with van der Waals surface area (Å²) in [7, 11) is 0. The van der Waals surface area contributed by atoms with Crippen LogP contribution >= 0.6 is 11.6 Å². The van der Waals surface area contributed by atoms with Gasteiger partial charge in [-0.1, -0.05) is 70.8 Å². The van der Waals surface area contributed by atoms with Crippen LogP contribution in [0.4, 0.5) is 22.1 Å². The number of carbonyl (C=O) groups is 2. The number of pyridine rings is 1. The standard InChI is InChI=1S/C29H38ClN7O2/c1-19-8-10-21(11-9-19)37-24(17-23(34-37)28(2,3)4)33-27(39)32-20-16-22(30)25(31-18-20)35-12-14-36(15-13-35)26(38)29(5,6)7/h8-11,16-18H,12-15H2,1-7H3,(H2,32,33,39). The molecular formula is C29H38ClN7O2. The lowest BCUT2D eigenvalue weighted by atomic mass is 9.92. The Labute approximate surface area is 235 Å². The zero-order valence-corrected chi connectivity index (χ0v) is 24.6. The molecule has 3 amide bonds. The molecule has 3 aromatic rings. The fourth-order valence-electron chi connectivity index (χ4n) is 4.33. The van der Waals surface area contributed by atoms with Gasteiger partial charge in [-0.3, -0.25) is 10.1 Å². The van der Waals surface area contributed by atoms with Crippen molar-refractivity contribution in [1.82, 2.24) is 19.7 Å². The molecule has 2 N–H and O–H groups in total. The van der Waals surface area contributed by atoms with E-state index in [-0.39, 0.29) is 11.3 Å². The van der Waals surface area contributed by atoms with Crippen LogP contribution in [-0.2, 0) is 10.2 Å². The van der Waals surface area contributed by atoms with Gasteiger partial charge in [0.25, 0.3) is 0 Å². The van der Waals surface area contributed by atoms with E-state index in [0.717, 1.165) is 16.9 Å². The van der Waals surface area contributed by atoms with E-state index in [1.165, 1.54) is 0 Å². The van der Waals surface area contributed by atoms with Crippen LogP contribution < -0.4 is 15.5 Å². The normalized spacial score (nSPS) is 14.4. The molecule has 0 saturated carbocycles. The molecule has 1 aliphatic rings. The van der Waals surface area contributed by atoms with Crippen molar-refractivity contribution in [2.45, 2.75) is 53.9 Å². The van der Waals surface area contributed by atoms with Gasteiger partial charge < -0.3 is 15.1 Å². The first kappa shape index (κ1) is 28.4. The number of aryl methyl sites for hydroxylation is 1. The molecule has 0 radical (unpaired) electrons. The van der Waals surface area contributed by atoms with E-state index in [2.05, 4.69) is 41.3 Å². The maximum absolute atomic E-state index is 13.0. The maximum Gasteiger partial charge on any atom is 0.324 e. The van der Waals surface area contributed by atoms with E-state index in [9.17, 15) is 9.59 Å². The Morgan fingerprint density at radius 3 is 2.13 bits per heavy atom. The third-order valence-electron chi connectivity index (χ3n) is 6.59. The van der Waals surface area contributed by atoms with E-state index >= 15 is 0 Å². The fourth-order valence-corrected chi connectivity index (χ4v) is 4.61. The van der Waals surface area contributed by atoms with Crippen molar-refractivity contribution in [2.75, 3.05) is 41.7 Å². The summed E-state index contributed by atoms with van der Waals surface area (Å²) in [5, 5.41) is 10.9. The van der Waals surface area contributed by atoms with Crippen LogP contribution in [0.3, 0.4) is 0 Å². The smallest absolute Gasteiger partial charge is 0.324 e. The molecule has 0 aliphatic carbocycles. The number of anilines is 3. The lowest BCUT2D eigenvalue weighted by molar-refractivity contribution is -0.139. The Balaban J connectivity index is 1.44. The zero-order chi connectivity index (χ0) is 28.5. The molecule has 0 atom stereocenters. The number of hydrogen-bond acceptors (Lipinski definition) is 5. The van der Waals surface area contributed by atoms with Crippen LogP contribution in [0.15, 0.2) is 42.6 Å². The molecule has 9 nitrogen and oxygen atoms in total. The molecule has 39 heavy (non-hydrogen) atoms. The highest BCUT2D eigenvalue weighted by Gasteiger charge is 2.30. The van der Waals surface area contributed by atoms with Gasteiger partial charge in [0, 0.05) is 43.1 Å². The minimum atomic E-state index is -0.427. The molecule has 3 heterocycles. The first-order valence-corrected chi connectivity index (χ1v) is 13.6. The monoisotopic (exact) mass is 551 g/mol. The number of urea groups is 1. The number of hydrogen-bond donors (Lipinski definition) is 2. The predicted octanol–water partition coefficient (Wildman–Crippen LogP) is 5.87. The Morgan fingerprint density at radius 1 is 0.923 bits per heavy atom. The molecule has 208 valence electrons. The highest BCUT2D eigenvalue weighted by atomic mass is 35.5. The number of nitrogens with one attached hydrogen (secondary N) is 2. The minimum Gasteiger partial charge on any atom is -0.352 e. The Kier molecular flexibility index (Phi) is 7.93. The predicted molar refractivity (Wildman–Crippen MR) is 157 cm³/mol. The number of benzene rings is 1. The number of piperazine rings is 1. The fraction of sp³-hybridized carbons (Fsp3) is 0.448. The van der Waals surface area contributed by atoms with Crippen molar-refractivity contribution in [2.24, 2.45) is 5.41 Å². The number of rotatable bonds is 4. The van der Waals surface area contributed by atoms with Crippen LogP contribution in [0.1, 0.15) is 52.8 Å². The average molecular weight is 552 g/mol. The Morgan fingerprint density at radius 2 is 1.56 bits per heavy atom. The van der Waals surface area contributed by atoms with Gasteiger partial charge in [-0.05, 0) is 25.1 Å². The van der Waals surface area contributed by atoms with E-state index in [4.69, 9.17) is 16.7 Å². The summed E-state index contributed by atoms with van der Waals surface area (Å²) < 4.78 is 1.73. The van der Waals surface area contributed by atoms with Gasteiger partial charge in [0.15, 0.2) is 0 Å². The number of aromatic nitrogens is 3. The molecule has 2 aromatic heterocycles. The van der Waals surface area contributed by atoms with E-state index in [1.807, 2.05) is 62.9 Å². The van der Waals surface area contributed by atoms with Gasteiger partial charge in [-0.15, -0.1) is 0 Å². The quantitative estimate of drug-likeness (QED) is 0.423. The lowest BCUT2D eigenvalue weighted by Crippen LogP contribution is -2.51. The first-order valence-electron chi connectivity index (χ1n) is 13.2. The summed E-state index contributed by atoms with van der Waals surface area (Å²) in [5.74, 6) is 1.34. The Bertz CT molecular complexity index is 1350. The largest absolute Gasteiger partial charge is 0.352 e. The zero-order valence-electron chi connectivity index (χ0n) is 23.8. The molecule has 0 spiro atoms. The summed E-state index contributed by atoms with van der Waals surface area (Å²) in [4.78, 5) is 34.0. The van der Waals surface area contributed by atoms with Gasteiger partial charge in [0.05, 0.1) is 28.3 Å². The van der Waals surface area contributed by atoms with Gasteiger partial charge >= 0.3 is 6.03 Å². The van der Waals surface area contributed by atoms with Crippen molar-refractivity contribution in [3.63, 3.8) is 0 Å². The summed E-state index contributed by atoms with van der Waals surface area (Å²) in [6.07, 6.45) is 1.59. The molecule has 1 aromatic carbocycles. The van der Waals surface area contributed by atoms with E-state index in [0.29, 0.717) is 48.5 Å². The van der Waals surface area contributed by atoms with Gasteiger partial charge in [-0.25, -0.2) is 14.5 Å². The molecular weight excluding hydrogens is 514 g/mol. The molecule has 4 rings (SSSR count). The summed E-state index contributed by atoms with van der Waals surface area (Å²) in [6.45, 7) is 16.6. The average Bonchev–Trinajstić information content (AvgIpc) is 3.28. The van der Waals surface area contributed by atoms with Crippen molar-refractivity contribution >= 4 is 40.9 Å². The van der Waals surface area contributed by atoms with Crippen molar-refractivity contribution < 1.29 is 9.59 Å². The molecule has 0 unspecified atom stereocenters. The summed E-state index contributed by atoms with van der Waals surface area (Å²) in [5.41, 5.74) is 2.73. The third-order valence-corrected chi connectivity index (χ3v) is 6.86. The number of nitrogens with zero attached hydrogens (tertiary/aromatic N) is 5. The van der Waals surface area contributed by atoms with Crippen molar-refractivity contribution in [3.05, 3.63) is 58.9 Å². The van der Waals surface area contributed by atoms with Crippen LogP contribution in [0, 0.1) is 12.3 Å². The van der Waals surface area contributed by atoms with Crippen LogP contribution in [0.25, 0.3) is 5.69 Å². The van der Waals surface area contributed by atoms with Crippen molar-refractivity contribution in [3.8, 4) is 5.69 Å². The van der Waals surface area contributed by atoms with Crippen molar-refractivity contribution in [1.29, 1.82) is 0 Å². The molecule has 1 fully saturated rings. The summed E-state index contributed by atoms with van der Waals surface area (Å²) >= 11 is 6.58. The topological polar surface area (TPSA) is 95.4 Å². The number of carbonyl (C=O) groups excluding carboxylic acids is 2. The maximum atomic E-state index is 13.0. The second-order valence-electron chi connectivity index (χ2n) is 12.0. The van der Waals surface area contributed by atoms with Gasteiger partial charge in [0.1, 0.15) is 11.6 Å². The molecule has 1 saturated heterocycles. The summed E-state index contributed by atoms with van der Waals surface area (Å²) in [6, 6.07) is 11.1. The van der Waals surface area contributed by atoms with E-state index in [1.54, 1.807) is 16.9 Å². The molecule has 10 heteroatoms. The van der Waals surface area contributed by atoms with Crippen LogP contribution in [-0.4, -0.2) is 57.8 Å². The SMILES string of the molecule is Cc1ccc(-n2nc(C(C)(C)C)cc2NC(=O)Nc2cnc(N3CCN(C(=O)C(C)(C)C)CC3)c(Cl)c2)cc1. The van der Waals surface area contributed by atoms with Crippen LogP contribution in [0.2, 0.25) is 5.02 Å². The van der Waals surface area contributed by atoms with Gasteiger partial charge in [-0.2, -0.15) is 5.10 Å². The van der Waals surface area contributed by atoms with Gasteiger partial charge in [0.2, 0.25) is 5.91 Å². The third kappa shape index (κ3) is 6.71. The minimum absolute atomic E-state index is 0.144. The number of halogens is 1. The highest BCUT2D eigenvalue weighted by Crippen LogP contribution is 2.29. The number of amides is 3. The highest BCUT2D eigenvalue weighted by molar-refractivity contribution is 6.33. The molecule has 1 aliphatic heterocycles. The first-order chi connectivity index (χ1) is 18.2.